The summed E-state index contributed by atoms with van der Waals surface area (Å²) in [4.78, 5) is 1.37. The van der Waals surface area contributed by atoms with Gasteiger partial charge in [0.2, 0.25) is 5.79 Å². The van der Waals surface area contributed by atoms with Gasteiger partial charge in [-0.15, -0.1) is 0 Å². The second kappa shape index (κ2) is 6.83. The minimum absolute atomic E-state index is 0.316. The molecule has 0 fully saturated rings. The van der Waals surface area contributed by atoms with Crippen LogP contribution < -0.4 is 0 Å². The van der Waals surface area contributed by atoms with Crippen LogP contribution in [0.5, 0.6) is 0 Å². The van der Waals surface area contributed by atoms with Crippen LogP contribution in [-0.2, 0) is 20.3 Å². The van der Waals surface area contributed by atoms with E-state index in [0.29, 0.717) is 24.5 Å². The molecule has 2 rings (SSSR count). The van der Waals surface area contributed by atoms with E-state index in [4.69, 9.17) is 9.47 Å². The summed E-state index contributed by atoms with van der Waals surface area (Å²) in [5.74, 6) is -1.10. The zero-order valence-corrected chi connectivity index (χ0v) is 13.5. The molecule has 0 aromatic heterocycles. The molecule has 116 valence electrons. The maximum absolute atomic E-state index is 12.6. The van der Waals surface area contributed by atoms with Crippen LogP contribution in [-0.4, -0.2) is 34.4 Å². The van der Waals surface area contributed by atoms with Crippen molar-refractivity contribution in [1.82, 2.24) is 0 Å². The molecule has 4 nitrogen and oxygen atoms in total. The number of aliphatic hydroxyl groups is 1. The van der Waals surface area contributed by atoms with Crippen LogP contribution in [0.25, 0.3) is 0 Å². The van der Waals surface area contributed by atoms with E-state index >= 15 is 0 Å². The summed E-state index contributed by atoms with van der Waals surface area (Å²) in [5, 5.41) is 10.3. The summed E-state index contributed by atoms with van der Waals surface area (Å²) in [6.07, 6.45) is 1.01. The highest BCUT2D eigenvalue weighted by Gasteiger charge is 2.45. The van der Waals surface area contributed by atoms with Crippen molar-refractivity contribution in [1.29, 1.82) is 0 Å². The molecule has 0 aliphatic heterocycles. The molecule has 0 saturated carbocycles. The van der Waals surface area contributed by atoms with Crippen molar-refractivity contribution in [3.63, 3.8) is 0 Å². The lowest BCUT2D eigenvalue weighted by Gasteiger charge is -2.32. The Morgan fingerprint density at radius 3 is 2.33 bits per heavy atom. The molecule has 1 N–H and O–H groups in total. The third-order valence-corrected chi connectivity index (χ3v) is 4.92. The Hall–Kier alpha value is -1.01. The van der Waals surface area contributed by atoms with Gasteiger partial charge in [0.15, 0.2) is 0 Å². The SMILES string of the molecule is CCOC1(OCC)CC([S@](=O)c2ccc(C)cc2)=C[C@@H]1O. The van der Waals surface area contributed by atoms with Gasteiger partial charge < -0.3 is 14.6 Å². The van der Waals surface area contributed by atoms with Gasteiger partial charge in [-0.25, -0.2) is 4.21 Å². The Bertz CT molecular complexity index is 530. The first-order valence-electron chi connectivity index (χ1n) is 7.17. The van der Waals surface area contributed by atoms with Gasteiger partial charge in [-0.2, -0.15) is 0 Å². The normalized spacial score (nSPS) is 22.1. The van der Waals surface area contributed by atoms with E-state index in [1.807, 2.05) is 45.0 Å². The number of ether oxygens (including phenoxy) is 2. The minimum Gasteiger partial charge on any atom is -0.383 e. The van der Waals surface area contributed by atoms with Crippen LogP contribution >= 0.6 is 0 Å². The molecule has 1 aliphatic rings. The standard InChI is InChI=1S/C16H22O4S/c1-4-19-16(20-5-2)11-14(10-15(16)17)21(18)13-8-6-12(3)7-9-13/h6-10,15,17H,4-5,11H2,1-3H3/t15-,21+/m0/s1. The van der Waals surface area contributed by atoms with Crippen LogP contribution in [0.15, 0.2) is 40.1 Å². The Labute approximate surface area is 128 Å². The average molecular weight is 310 g/mol. The third kappa shape index (κ3) is 3.43. The second-order valence-corrected chi connectivity index (χ2v) is 6.55. The molecule has 1 aromatic carbocycles. The first-order chi connectivity index (χ1) is 10.0. The number of aryl methyl sites for hydroxylation is 1. The number of hydrogen-bond acceptors (Lipinski definition) is 4. The zero-order chi connectivity index (χ0) is 15.5. The highest BCUT2D eigenvalue weighted by molar-refractivity contribution is 7.89. The summed E-state index contributed by atoms with van der Waals surface area (Å²) >= 11 is 0. The molecule has 21 heavy (non-hydrogen) atoms. The van der Waals surface area contributed by atoms with Crippen molar-refractivity contribution >= 4 is 10.8 Å². The van der Waals surface area contributed by atoms with Gasteiger partial charge in [0.25, 0.3) is 0 Å². The second-order valence-electron chi connectivity index (χ2n) is 5.01. The van der Waals surface area contributed by atoms with Crippen molar-refractivity contribution in [2.75, 3.05) is 13.2 Å². The average Bonchev–Trinajstić information content (AvgIpc) is 2.77. The van der Waals surface area contributed by atoms with E-state index in [1.165, 1.54) is 0 Å². The van der Waals surface area contributed by atoms with Crippen molar-refractivity contribution < 1.29 is 18.8 Å². The van der Waals surface area contributed by atoms with Gasteiger partial charge in [0.05, 0.1) is 10.8 Å². The Kier molecular flexibility index (Phi) is 5.32. The van der Waals surface area contributed by atoms with Crippen LogP contribution in [0.4, 0.5) is 0 Å². The maximum atomic E-state index is 12.6. The fourth-order valence-electron chi connectivity index (χ4n) is 2.45. The molecule has 1 aromatic rings. The van der Waals surface area contributed by atoms with Crippen molar-refractivity contribution in [3.05, 3.63) is 40.8 Å². The minimum atomic E-state index is -1.30. The Balaban J connectivity index is 2.20. The predicted molar refractivity (Wildman–Crippen MR) is 82.3 cm³/mol. The summed E-state index contributed by atoms with van der Waals surface area (Å²) < 4.78 is 23.9. The Morgan fingerprint density at radius 2 is 1.81 bits per heavy atom. The maximum Gasteiger partial charge on any atom is 0.202 e. The summed E-state index contributed by atoms with van der Waals surface area (Å²) in [6, 6.07) is 7.55. The lowest BCUT2D eigenvalue weighted by Crippen LogP contribution is -2.44. The molecule has 1 aliphatic carbocycles. The lowest BCUT2D eigenvalue weighted by atomic mass is 10.2. The molecule has 0 unspecified atom stereocenters. The molecule has 0 amide bonds. The highest BCUT2D eigenvalue weighted by atomic mass is 32.2. The van der Waals surface area contributed by atoms with Crippen molar-refractivity contribution in [2.45, 2.75) is 44.0 Å². The fraction of sp³-hybridized carbons (Fsp3) is 0.500. The van der Waals surface area contributed by atoms with Gasteiger partial charge in [0.1, 0.15) is 6.10 Å². The molecule has 0 radical (unpaired) electrons. The number of hydrogen-bond donors (Lipinski definition) is 1. The summed E-state index contributed by atoms with van der Waals surface area (Å²) in [6.45, 7) is 6.54. The van der Waals surface area contributed by atoms with E-state index < -0.39 is 22.7 Å². The van der Waals surface area contributed by atoms with Crippen LogP contribution in [0, 0.1) is 6.92 Å². The van der Waals surface area contributed by atoms with E-state index in [0.717, 1.165) is 10.5 Å². The smallest absolute Gasteiger partial charge is 0.202 e. The summed E-state index contributed by atoms with van der Waals surface area (Å²) in [7, 11) is -1.30. The van der Waals surface area contributed by atoms with E-state index in [1.54, 1.807) is 6.08 Å². The Morgan fingerprint density at radius 1 is 1.24 bits per heavy atom. The highest BCUT2D eigenvalue weighted by Crippen LogP contribution is 2.37. The van der Waals surface area contributed by atoms with Gasteiger partial charge in [-0.1, -0.05) is 17.7 Å². The number of benzene rings is 1. The molecule has 0 heterocycles. The number of aliphatic hydroxyl groups excluding tert-OH is 1. The van der Waals surface area contributed by atoms with Crippen LogP contribution in [0.3, 0.4) is 0 Å². The fourth-order valence-corrected chi connectivity index (χ4v) is 3.72. The molecule has 0 spiro atoms. The molecule has 5 heteroatoms. The quantitative estimate of drug-likeness (QED) is 0.820. The monoisotopic (exact) mass is 310 g/mol. The lowest BCUT2D eigenvalue weighted by molar-refractivity contribution is -0.262. The van der Waals surface area contributed by atoms with Gasteiger partial charge in [0, 0.05) is 29.4 Å². The molecule has 0 bridgehead atoms. The van der Waals surface area contributed by atoms with Crippen LogP contribution in [0.2, 0.25) is 0 Å². The van der Waals surface area contributed by atoms with Gasteiger partial charge >= 0.3 is 0 Å². The van der Waals surface area contributed by atoms with Gasteiger partial charge in [-0.3, -0.25) is 0 Å². The first-order valence-corrected chi connectivity index (χ1v) is 8.32. The summed E-state index contributed by atoms with van der Waals surface area (Å²) in [5.41, 5.74) is 1.12. The van der Waals surface area contributed by atoms with Crippen molar-refractivity contribution in [3.8, 4) is 0 Å². The number of rotatable bonds is 6. The molecular formula is C16H22O4S. The molecular weight excluding hydrogens is 288 g/mol. The van der Waals surface area contributed by atoms with E-state index in [2.05, 4.69) is 0 Å². The van der Waals surface area contributed by atoms with Crippen LogP contribution in [0.1, 0.15) is 25.8 Å². The van der Waals surface area contributed by atoms with Crippen molar-refractivity contribution in [2.24, 2.45) is 0 Å². The third-order valence-electron chi connectivity index (χ3n) is 3.47. The van der Waals surface area contributed by atoms with E-state index in [-0.39, 0.29) is 0 Å². The molecule has 2 atom stereocenters. The molecule has 0 saturated heterocycles. The predicted octanol–water partition coefficient (Wildman–Crippen LogP) is 2.52. The largest absolute Gasteiger partial charge is 0.383 e. The zero-order valence-electron chi connectivity index (χ0n) is 12.7. The topological polar surface area (TPSA) is 55.8 Å². The van der Waals surface area contributed by atoms with E-state index in [9.17, 15) is 9.32 Å². The van der Waals surface area contributed by atoms with Gasteiger partial charge in [-0.05, 0) is 39.0 Å². The first kappa shape index (κ1) is 16.4.